The maximum Gasteiger partial charge on any atom is 0.351 e. The number of benzene rings is 1. The monoisotopic (exact) mass is 246 g/mol. The summed E-state index contributed by atoms with van der Waals surface area (Å²) in [7, 11) is 0.500. The summed E-state index contributed by atoms with van der Waals surface area (Å²) in [5.41, 5.74) is 3.59. The molecular formula is C15H22BFN. The van der Waals surface area contributed by atoms with Gasteiger partial charge in [-0.05, 0) is 31.0 Å². The summed E-state index contributed by atoms with van der Waals surface area (Å²) in [6.45, 7) is 9.57. The second kappa shape index (κ2) is 9.63. The van der Waals surface area contributed by atoms with Crippen LogP contribution in [0.3, 0.4) is 0 Å². The van der Waals surface area contributed by atoms with Gasteiger partial charge >= 0.3 is 7.56 Å². The van der Waals surface area contributed by atoms with Crippen molar-refractivity contribution >= 4 is 18.5 Å². The van der Waals surface area contributed by atoms with Gasteiger partial charge in [0, 0.05) is 11.1 Å². The van der Waals surface area contributed by atoms with E-state index in [0.717, 1.165) is 17.6 Å². The highest BCUT2D eigenvalue weighted by Crippen LogP contribution is 2.16. The second-order valence-corrected chi connectivity index (χ2v) is 3.50. The first kappa shape index (κ1) is 16.6. The average molecular weight is 246 g/mol. The molecule has 18 heavy (non-hydrogen) atoms. The van der Waals surface area contributed by atoms with Gasteiger partial charge < -0.3 is 4.32 Å². The minimum absolute atomic E-state index is 0.500. The van der Waals surface area contributed by atoms with Crippen LogP contribution in [0.15, 0.2) is 30.3 Å². The first-order chi connectivity index (χ1) is 8.72. The molecule has 97 valence electrons. The third-order valence-electron chi connectivity index (χ3n) is 2.40. The van der Waals surface area contributed by atoms with Gasteiger partial charge in [-0.25, -0.2) is 0 Å². The van der Waals surface area contributed by atoms with Gasteiger partial charge in [0.15, 0.2) is 0 Å². The molecule has 1 aromatic carbocycles. The lowest BCUT2D eigenvalue weighted by molar-refractivity contribution is 0.877. The van der Waals surface area contributed by atoms with Crippen molar-refractivity contribution in [3.05, 3.63) is 41.6 Å². The van der Waals surface area contributed by atoms with Gasteiger partial charge in [-0.1, -0.05) is 45.8 Å². The molecule has 0 aliphatic heterocycles. The second-order valence-electron chi connectivity index (χ2n) is 3.50. The standard InChI is InChI=1S/C12H13N.C2H6.CH3BF/c1-3-10-8-11-6-4-5-7-12(11)13-9(10)2;1-2;1-2-3/h4-8H,3H2,1-2H3;1-2H3;1H3. The van der Waals surface area contributed by atoms with E-state index in [1.54, 1.807) is 0 Å². The van der Waals surface area contributed by atoms with Crippen molar-refractivity contribution < 1.29 is 4.32 Å². The molecule has 0 fully saturated rings. The van der Waals surface area contributed by atoms with Gasteiger partial charge in [0.2, 0.25) is 0 Å². The van der Waals surface area contributed by atoms with Crippen molar-refractivity contribution in [3.63, 3.8) is 0 Å². The van der Waals surface area contributed by atoms with Crippen LogP contribution >= 0.6 is 0 Å². The number of para-hydroxylation sites is 1. The first-order valence-corrected chi connectivity index (χ1v) is 6.46. The van der Waals surface area contributed by atoms with Crippen LogP contribution in [0.2, 0.25) is 6.82 Å². The van der Waals surface area contributed by atoms with E-state index in [4.69, 9.17) is 0 Å². The Hall–Kier alpha value is -1.38. The lowest BCUT2D eigenvalue weighted by Gasteiger charge is -2.04. The van der Waals surface area contributed by atoms with Crippen LogP contribution in [0.1, 0.15) is 32.0 Å². The number of aryl methyl sites for hydroxylation is 2. The molecule has 0 aliphatic carbocycles. The SMILES string of the molecule is CC.CCc1cc2ccccc2nc1C.C[B]F. The molecule has 1 radical (unpaired) electrons. The third kappa shape index (κ3) is 4.86. The maximum atomic E-state index is 10.2. The summed E-state index contributed by atoms with van der Waals surface area (Å²) < 4.78 is 10.2. The molecule has 0 unspecified atom stereocenters. The summed E-state index contributed by atoms with van der Waals surface area (Å²) in [5, 5.41) is 1.24. The Labute approximate surface area is 111 Å². The van der Waals surface area contributed by atoms with Crippen LogP contribution in [-0.2, 0) is 6.42 Å². The predicted molar refractivity (Wildman–Crippen MR) is 79.9 cm³/mol. The molecule has 3 heteroatoms. The van der Waals surface area contributed by atoms with Gasteiger partial charge in [-0.3, -0.25) is 4.98 Å². The fourth-order valence-corrected chi connectivity index (χ4v) is 1.61. The van der Waals surface area contributed by atoms with E-state index >= 15 is 0 Å². The number of fused-ring (bicyclic) bond motifs is 1. The molecule has 0 amide bonds. The van der Waals surface area contributed by atoms with E-state index in [9.17, 15) is 4.32 Å². The largest absolute Gasteiger partial charge is 0.351 e. The molecule has 2 aromatic rings. The van der Waals surface area contributed by atoms with E-state index in [1.165, 1.54) is 17.8 Å². The number of aromatic nitrogens is 1. The molecule has 0 bridgehead atoms. The zero-order chi connectivity index (χ0) is 14.0. The van der Waals surface area contributed by atoms with Crippen molar-refractivity contribution in [1.29, 1.82) is 0 Å². The number of nitrogens with zero attached hydrogens (tertiary/aromatic N) is 1. The molecule has 0 spiro atoms. The van der Waals surface area contributed by atoms with Crippen molar-refractivity contribution in [1.82, 2.24) is 4.98 Å². The highest BCUT2D eigenvalue weighted by atomic mass is 19.1. The molecule has 0 saturated carbocycles. The van der Waals surface area contributed by atoms with E-state index in [0.29, 0.717) is 7.56 Å². The summed E-state index contributed by atoms with van der Waals surface area (Å²) in [6.07, 6.45) is 1.06. The van der Waals surface area contributed by atoms with Gasteiger partial charge in [0.1, 0.15) is 0 Å². The van der Waals surface area contributed by atoms with Crippen molar-refractivity contribution in [3.8, 4) is 0 Å². The summed E-state index contributed by atoms with van der Waals surface area (Å²) >= 11 is 0. The Balaban J connectivity index is 0.000000509. The van der Waals surface area contributed by atoms with E-state index < -0.39 is 0 Å². The normalized spacial score (nSPS) is 8.78. The van der Waals surface area contributed by atoms with E-state index in [2.05, 4.69) is 43.1 Å². The van der Waals surface area contributed by atoms with Crippen molar-refractivity contribution in [2.45, 2.75) is 40.9 Å². The molecule has 2 rings (SSSR count). The van der Waals surface area contributed by atoms with Crippen LogP contribution in [-0.4, -0.2) is 12.5 Å². The minimum Gasteiger partial charge on any atom is -0.343 e. The molecule has 0 atom stereocenters. The Morgan fingerprint density at radius 3 is 2.33 bits per heavy atom. The van der Waals surface area contributed by atoms with Gasteiger partial charge in [-0.2, -0.15) is 0 Å². The van der Waals surface area contributed by atoms with Crippen LogP contribution in [0.4, 0.5) is 4.32 Å². The van der Waals surface area contributed by atoms with Crippen LogP contribution in [0.25, 0.3) is 10.9 Å². The molecule has 0 N–H and O–H groups in total. The quantitative estimate of drug-likeness (QED) is 0.661. The third-order valence-corrected chi connectivity index (χ3v) is 2.40. The molecule has 1 aromatic heterocycles. The Bertz CT molecular complexity index is 457. The van der Waals surface area contributed by atoms with Crippen LogP contribution in [0, 0.1) is 6.92 Å². The number of halogens is 1. The van der Waals surface area contributed by atoms with Gasteiger partial charge in [0.05, 0.1) is 5.52 Å². The summed E-state index contributed by atoms with van der Waals surface area (Å²) in [4.78, 5) is 4.55. The predicted octanol–water partition coefficient (Wildman–Crippen LogP) is 4.76. The number of hydrogen-bond acceptors (Lipinski definition) is 1. The minimum atomic E-state index is 0.500. The Kier molecular flexibility index (Phi) is 8.90. The number of rotatable bonds is 1. The van der Waals surface area contributed by atoms with Crippen molar-refractivity contribution in [2.75, 3.05) is 0 Å². The topological polar surface area (TPSA) is 12.9 Å². The smallest absolute Gasteiger partial charge is 0.343 e. The average Bonchev–Trinajstić information content (AvgIpc) is 2.41. The fourth-order valence-electron chi connectivity index (χ4n) is 1.61. The fraction of sp³-hybridized carbons (Fsp3) is 0.400. The van der Waals surface area contributed by atoms with Crippen molar-refractivity contribution in [2.24, 2.45) is 0 Å². The van der Waals surface area contributed by atoms with Crippen LogP contribution < -0.4 is 0 Å². The summed E-state index contributed by atoms with van der Waals surface area (Å²) in [5.74, 6) is 0. The van der Waals surface area contributed by atoms with E-state index in [1.807, 2.05) is 19.9 Å². The number of pyridine rings is 1. The highest BCUT2D eigenvalue weighted by molar-refractivity contribution is 6.23. The number of hydrogen-bond donors (Lipinski definition) is 0. The summed E-state index contributed by atoms with van der Waals surface area (Å²) in [6, 6.07) is 10.5. The zero-order valence-corrected chi connectivity index (χ0v) is 12.0. The molecule has 0 aliphatic rings. The maximum absolute atomic E-state index is 10.2. The van der Waals surface area contributed by atoms with Gasteiger partial charge in [-0.15, -0.1) is 0 Å². The Morgan fingerprint density at radius 2 is 1.78 bits per heavy atom. The Morgan fingerprint density at radius 1 is 1.22 bits per heavy atom. The molecular weight excluding hydrogens is 224 g/mol. The molecule has 1 nitrogen and oxygen atoms in total. The lowest BCUT2D eigenvalue weighted by Crippen LogP contribution is -1.91. The zero-order valence-electron chi connectivity index (χ0n) is 12.0. The van der Waals surface area contributed by atoms with Crippen LogP contribution in [0.5, 0.6) is 0 Å². The lowest BCUT2D eigenvalue weighted by atomic mass is 10.1. The van der Waals surface area contributed by atoms with E-state index in [-0.39, 0.29) is 0 Å². The highest BCUT2D eigenvalue weighted by Gasteiger charge is 1.99. The molecule has 0 saturated heterocycles. The molecule has 1 heterocycles. The first-order valence-electron chi connectivity index (χ1n) is 6.46. The van der Waals surface area contributed by atoms with Gasteiger partial charge in [0.25, 0.3) is 0 Å².